The number of fused-ring (bicyclic) bond motifs is 2. The highest BCUT2D eigenvalue weighted by atomic mass is 16.2. The van der Waals surface area contributed by atoms with Crippen molar-refractivity contribution in [3.63, 3.8) is 0 Å². The van der Waals surface area contributed by atoms with Crippen LogP contribution in [0, 0.1) is 0 Å². The van der Waals surface area contributed by atoms with Crippen molar-refractivity contribution >= 4 is 6.03 Å². The molecule has 0 radical (unpaired) electrons. The molecule has 2 aliphatic rings. The van der Waals surface area contributed by atoms with Crippen molar-refractivity contribution in [1.29, 1.82) is 0 Å². The Balaban J connectivity index is 1.87. The van der Waals surface area contributed by atoms with E-state index in [1.807, 2.05) is 16.9 Å². The van der Waals surface area contributed by atoms with Gasteiger partial charge in [-0.3, -0.25) is 4.68 Å². The lowest BCUT2D eigenvalue weighted by Gasteiger charge is -2.46. The molecule has 0 atom stereocenters. The molecule has 1 saturated heterocycles. The SMILES string of the molecule is NC(=O)N1CC2(CCn3nccc32)C1. The van der Waals surface area contributed by atoms with Crippen LogP contribution in [0.25, 0.3) is 0 Å². The van der Waals surface area contributed by atoms with E-state index in [1.54, 1.807) is 4.90 Å². The number of aromatic nitrogens is 2. The number of hydrogen-bond acceptors (Lipinski definition) is 2. The van der Waals surface area contributed by atoms with Crippen LogP contribution in [0.1, 0.15) is 12.1 Å². The number of aryl methyl sites for hydroxylation is 1. The molecule has 0 bridgehead atoms. The highest BCUT2D eigenvalue weighted by Gasteiger charge is 2.50. The predicted octanol–water partition coefficient (Wildman–Crippen LogP) is -0.0811. The number of primary amides is 1. The Morgan fingerprint density at radius 1 is 1.57 bits per heavy atom. The molecule has 5 nitrogen and oxygen atoms in total. The third-order valence-electron chi connectivity index (χ3n) is 3.36. The topological polar surface area (TPSA) is 64.2 Å². The van der Waals surface area contributed by atoms with Crippen LogP contribution in [0.15, 0.2) is 12.3 Å². The summed E-state index contributed by atoms with van der Waals surface area (Å²) in [6, 6.07) is 1.74. The van der Waals surface area contributed by atoms with Crippen molar-refractivity contribution in [1.82, 2.24) is 14.7 Å². The first kappa shape index (κ1) is 7.84. The van der Waals surface area contributed by atoms with Crippen LogP contribution in [-0.4, -0.2) is 33.8 Å². The van der Waals surface area contributed by atoms with Crippen molar-refractivity contribution in [2.45, 2.75) is 18.4 Å². The first-order valence-electron chi connectivity index (χ1n) is 4.78. The van der Waals surface area contributed by atoms with Crippen LogP contribution in [0.4, 0.5) is 4.79 Å². The van der Waals surface area contributed by atoms with Gasteiger partial charge < -0.3 is 10.6 Å². The standard InChI is InChI=1S/C9H12N4O/c10-8(14)12-5-9(6-12)2-4-13-7(9)1-3-11-13/h1,3H,2,4-6H2,(H2,10,14). The molecule has 3 rings (SSSR count). The molecule has 14 heavy (non-hydrogen) atoms. The monoisotopic (exact) mass is 192 g/mol. The van der Waals surface area contributed by atoms with Gasteiger partial charge in [0.05, 0.1) is 0 Å². The van der Waals surface area contributed by atoms with E-state index in [0.717, 1.165) is 26.1 Å². The third kappa shape index (κ3) is 0.792. The Kier molecular flexibility index (Phi) is 1.28. The van der Waals surface area contributed by atoms with Crippen molar-refractivity contribution < 1.29 is 4.79 Å². The van der Waals surface area contributed by atoms with Gasteiger partial charge in [-0.15, -0.1) is 0 Å². The van der Waals surface area contributed by atoms with Gasteiger partial charge in [0.2, 0.25) is 0 Å². The molecule has 1 aromatic rings. The maximum Gasteiger partial charge on any atom is 0.314 e. The van der Waals surface area contributed by atoms with Crippen LogP contribution in [0.2, 0.25) is 0 Å². The number of amides is 2. The minimum atomic E-state index is -0.311. The molecule has 3 heterocycles. The fraction of sp³-hybridized carbons (Fsp3) is 0.556. The summed E-state index contributed by atoms with van der Waals surface area (Å²) < 4.78 is 2.03. The van der Waals surface area contributed by atoms with Crippen molar-refractivity contribution in [3.05, 3.63) is 18.0 Å². The summed E-state index contributed by atoms with van der Waals surface area (Å²) in [5.74, 6) is 0. The molecular formula is C9H12N4O. The zero-order valence-electron chi connectivity index (χ0n) is 7.81. The average molecular weight is 192 g/mol. The minimum absolute atomic E-state index is 0.158. The maximum absolute atomic E-state index is 10.9. The molecule has 0 aliphatic carbocycles. The van der Waals surface area contributed by atoms with Gasteiger partial charge in [-0.1, -0.05) is 0 Å². The largest absolute Gasteiger partial charge is 0.351 e. The average Bonchev–Trinajstić information content (AvgIpc) is 2.57. The van der Waals surface area contributed by atoms with Crippen molar-refractivity contribution in [2.75, 3.05) is 13.1 Å². The molecule has 0 saturated carbocycles. The predicted molar refractivity (Wildman–Crippen MR) is 49.7 cm³/mol. The summed E-state index contributed by atoms with van der Waals surface area (Å²) >= 11 is 0. The van der Waals surface area contributed by atoms with E-state index < -0.39 is 0 Å². The summed E-state index contributed by atoms with van der Waals surface area (Å²) in [6.07, 6.45) is 2.91. The third-order valence-corrected chi connectivity index (χ3v) is 3.36. The van der Waals surface area contributed by atoms with E-state index in [2.05, 4.69) is 5.10 Å². The van der Waals surface area contributed by atoms with E-state index in [9.17, 15) is 4.79 Å². The number of urea groups is 1. The highest BCUT2D eigenvalue weighted by Crippen LogP contribution is 2.41. The van der Waals surface area contributed by atoms with Gasteiger partial charge in [0.25, 0.3) is 0 Å². The summed E-state index contributed by atoms with van der Waals surface area (Å²) in [7, 11) is 0. The van der Waals surface area contributed by atoms with Gasteiger partial charge in [-0.05, 0) is 12.5 Å². The number of nitrogens with two attached hydrogens (primary N) is 1. The van der Waals surface area contributed by atoms with Crippen LogP contribution < -0.4 is 5.73 Å². The highest BCUT2D eigenvalue weighted by molar-refractivity contribution is 5.73. The van der Waals surface area contributed by atoms with E-state index in [4.69, 9.17) is 5.73 Å². The molecule has 1 aromatic heterocycles. The first-order valence-corrected chi connectivity index (χ1v) is 4.78. The van der Waals surface area contributed by atoms with E-state index in [1.165, 1.54) is 5.69 Å². The lowest BCUT2D eigenvalue weighted by Crippen LogP contribution is -2.61. The second kappa shape index (κ2) is 2.29. The first-order chi connectivity index (χ1) is 6.71. The quantitative estimate of drug-likeness (QED) is 0.624. The van der Waals surface area contributed by atoms with Crippen LogP contribution in [-0.2, 0) is 12.0 Å². The van der Waals surface area contributed by atoms with Crippen LogP contribution in [0.5, 0.6) is 0 Å². The van der Waals surface area contributed by atoms with Gasteiger partial charge >= 0.3 is 6.03 Å². The van der Waals surface area contributed by atoms with Gasteiger partial charge in [-0.25, -0.2) is 4.79 Å². The molecule has 1 spiro atoms. The van der Waals surface area contributed by atoms with E-state index in [-0.39, 0.29) is 11.4 Å². The number of carbonyl (C=O) groups excluding carboxylic acids is 1. The fourth-order valence-electron chi connectivity index (χ4n) is 2.57. The molecule has 0 aromatic carbocycles. The maximum atomic E-state index is 10.9. The zero-order valence-corrected chi connectivity index (χ0v) is 7.81. The van der Waals surface area contributed by atoms with Gasteiger partial charge in [0.15, 0.2) is 0 Å². The molecular weight excluding hydrogens is 180 g/mol. The Labute approximate surface area is 81.5 Å². The van der Waals surface area contributed by atoms with Crippen LogP contribution in [0.3, 0.4) is 0 Å². The van der Waals surface area contributed by atoms with E-state index >= 15 is 0 Å². The summed E-state index contributed by atoms with van der Waals surface area (Å²) in [6.45, 7) is 2.48. The molecule has 1 fully saturated rings. The normalized spacial score (nSPS) is 22.1. The molecule has 74 valence electrons. The smallest absolute Gasteiger partial charge is 0.314 e. The zero-order chi connectivity index (χ0) is 9.76. The molecule has 0 unspecified atom stereocenters. The summed E-state index contributed by atoms with van der Waals surface area (Å²) in [5.41, 5.74) is 6.63. The minimum Gasteiger partial charge on any atom is -0.351 e. The Hall–Kier alpha value is -1.52. The summed E-state index contributed by atoms with van der Waals surface area (Å²) in [5, 5.41) is 4.23. The second-order valence-electron chi connectivity index (χ2n) is 4.16. The number of hydrogen-bond donors (Lipinski definition) is 1. The number of carbonyl (C=O) groups is 1. The van der Waals surface area contributed by atoms with Gasteiger partial charge in [0.1, 0.15) is 0 Å². The number of rotatable bonds is 0. The van der Waals surface area contributed by atoms with Gasteiger partial charge in [-0.2, -0.15) is 5.10 Å². The summed E-state index contributed by atoms with van der Waals surface area (Å²) in [4.78, 5) is 12.6. The lowest BCUT2D eigenvalue weighted by atomic mass is 9.76. The Bertz CT molecular complexity index is 391. The number of nitrogens with zero attached hydrogens (tertiary/aromatic N) is 3. The van der Waals surface area contributed by atoms with Crippen LogP contribution >= 0.6 is 0 Å². The molecule has 2 aliphatic heterocycles. The van der Waals surface area contributed by atoms with E-state index in [0.29, 0.717) is 0 Å². The second-order valence-corrected chi connectivity index (χ2v) is 4.16. The van der Waals surface area contributed by atoms with Gasteiger partial charge in [0, 0.05) is 36.9 Å². The molecule has 2 N–H and O–H groups in total. The lowest BCUT2D eigenvalue weighted by molar-refractivity contribution is 0.0979. The van der Waals surface area contributed by atoms with Crippen molar-refractivity contribution in [2.24, 2.45) is 5.73 Å². The number of likely N-dealkylation sites (tertiary alicyclic amines) is 1. The Morgan fingerprint density at radius 3 is 3.07 bits per heavy atom. The Morgan fingerprint density at radius 2 is 2.36 bits per heavy atom. The fourth-order valence-corrected chi connectivity index (χ4v) is 2.57. The molecule has 2 amide bonds. The molecule has 5 heteroatoms. The van der Waals surface area contributed by atoms with Crippen molar-refractivity contribution in [3.8, 4) is 0 Å².